The van der Waals surface area contributed by atoms with E-state index in [0.717, 1.165) is 19.5 Å². The first-order valence-electron chi connectivity index (χ1n) is 7.79. The molecule has 20 heavy (non-hydrogen) atoms. The van der Waals surface area contributed by atoms with Crippen molar-refractivity contribution in [3.8, 4) is 0 Å². The molecule has 3 atom stereocenters. The average Bonchev–Trinajstić information content (AvgIpc) is 2.87. The number of likely N-dealkylation sites (tertiary alicyclic amines) is 1. The van der Waals surface area contributed by atoms with Crippen LogP contribution in [0.15, 0.2) is 0 Å². The molecule has 0 saturated carbocycles. The summed E-state index contributed by atoms with van der Waals surface area (Å²) < 4.78 is 0. The third-order valence-corrected chi connectivity index (χ3v) is 4.66. The number of piperazine rings is 1. The van der Waals surface area contributed by atoms with Crippen LogP contribution in [0.3, 0.4) is 0 Å². The van der Waals surface area contributed by atoms with E-state index in [1.807, 2.05) is 13.8 Å². The van der Waals surface area contributed by atoms with Crippen LogP contribution in [0.25, 0.3) is 0 Å². The summed E-state index contributed by atoms with van der Waals surface area (Å²) in [5, 5.41) is 2.81. The fraction of sp³-hybridized carbons (Fsp3) is 0.867. The second-order valence-corrected chi connectivity index (χ2v) is 6.38. The van der Waals surface area contributed by atoms with Crippen molar-refractivity contribution in [1.82, 2.24) is 15.1 Å². The Hall–Kier alpha value is -1.10. The predicted molar refractivity (Wildman–Crippen MR) is 78.2 cm³/mol. The number of amides is 2. The van der Waals surface area contributed by atoms with Crippen LogP contribution in [0.1, 0.15) is 40.5 Å². The lowest BCUT2D eigenvalue weighted by molar-refractivity contribution is -0.149. The Kier molecular flexibility index (Phi) is 4.68. The van der Waals surface area contributed by atoms with Crippen molar-refractivity contribution >= 4 is 11.8 Å². The fourth-order valence-corrected chi connectivity index (χ4v) is 3.17. The van der Waals surface area contributed by atoms with Crippen LogP contribution in [-0.4, -0.2) is 59.4 Å². The third kappa shape index (κ3) is 2.97. The Morgan fingerprint density at radius 1 is 1.35 bits per heavy atom. The van der Waals surface area contributed by atoms with Crippen molar-refractivity contribution in [2.24, 2.45) is 5.92 Å². The van der Waals surface area contributed by atoms with Crippen molar-refractivity contribution in [3.63, 3.8) is 0 Å². The van der Waals surface area contributed by atoms with Crippen LogP contribution < -0.4 is 5.32 Å². The van der Waals surface area contributed by atoms with Crippen molar-refractivity contribution in [2.45, 2.75) is 58.7 Å². The van der Waals surface area contributed by atoms with Gasteiger partial charge in [0.05, 0.1) is 0 Å². The summed E-state index contributed by atoms with van der Waals surface area (Å²) in [4.78, 5) is 28.6. The van der Waals surface area contributed by atoms with E-state index >= 15 is 0 Å². The summed E-state index contributed by atoms with van der Waals surface area (Å²) in [7, 11) is 0. The first-order chi connectivity index (χ1) is 9.43. The molecule has 1 N–H and O–H groups in total. The molecule has 0 aromatic carbocycles. The summed E-state index contributed by atoms with van der Waals surface area (Å²) in [6, 6.07) is -0.110. The summed E-state index contributed by atoms with van der Waals surface area (Å²) in [5.41, 5.74) is 0. The number of carbonyl (C=O) groups is 2. The van der Waals surface area contributed by atoms with Gasteiger partial charge in [-0.15, -0.1) is 0 Å². The Morgan fingerprint density at radius 2 is 2.05 bits per heavy atom. The second-order valence-electron chi connectivity index (χ2n) is 6.38. The Bertz CT molecular complexity index is 383. The predicted octanol–water partition coefficient (Wildman–Crippen LogP) is 0.842. The molecule has 0 aliphatic carbocycles. The van der Waals surface area contributed by atoms with Crippen molar-refractivity contribution in [3.05, 3.63) is 0 Å². The van der Waals surface area contributed by atoms with E-state index in [1.165, 1.54) is 0 Å². The zero-order valence-corrected chi connectivity index (χ0v) is 13.1. The molecule has 114 valence electrons. The minimum absolute atomic E-state index is 0.0184. The van der Waals surface area contributed by atoms with Crippen LogP contribution in [-0.2, 0) is 9.59 Å². The van der Waals surface area contributed by atoms with Crippen LogP contribution in [0.5, 0.6) is 0 Å². The fourth-order valence-electron chi connectivity index (χ4n) is 3.17. The second kappa shape index (κ2) is 6.12. The van der Waals surface area contributed by atoms with Crippen molar-refractivity contribution < 1.29 is 9.59 Å². The van der Waals surface area contributed by atoms with Crippen molar-refractivity contribution in [1.29, 1.82) is 0 Å². The molecule has 2 fully saturated rings. The molecule has 2 amide bonds. The zero-order chi connectivity index (χ0) is 14.9. The molecular formula is C15H27N3O2. The van der Waals surface area contributed by atoms with E-state index in [2.05, 4.69) is 24.1 Å². The first kappa shape index (κ1) is 15.3. The first-order valence-corrected chi connectivity index (χ1v) is 7.79. The van der Waals surface area contributed by atoms with Gasteiger partial charge in [0.25, 0.3) is 0 Å². The maximum absolute atomic E-state index is 12.4. The highest BCUT2D eigenvalue weighted by Gasteiger charge is 2.39. The molecule has 5 heteroatoms. The van der Waals surface area contributed by atoms with Gasteiger partial charge in [-0.05, 0) is 46.1 Å². The van der Waals surface area contributed by atoms with Gasteiger partial charge in [-0.2, -0.15) is 0 Å². The van der Waals surface area contributed by atoms with Gasteiger partial charge < -0.3 is 15.1 Å². The molecule has 5 nitrogen and oxygen atoms in total. The minimum atomic E-state index is -0.335. The van der Waals surface area contributed by atoms with Crippen LogP contribution in [0.2, 0.25) is 0 Å². The summed E-state index contributed by atoms with van der Waals surface area (Å²) in [6.07, 6.45) is 1.78. The Balaban J connectivity index is 2.00. The molecule has 2 aliphatic rings. The minimum Gasteiger partial charge on any atom is -0.343 e. The van der Waals surface area contributed by atoms with Gasteiger partial charge in [-0.3, -0.25) is 9.59 Å². The quantitative estimate of drug-likeness (QED) is 0.831. The molecule has 0 spiro atoms. The van der Waals surface area contributed by atoms with Gasteiger partial charge in [0, 0.05) is 19.1 Å². The van der Waals surface area contributed by atoms with E-state index in [1.54, 1.807) is 4.90 Å². The Labute approximate surface area is 121 Å². The smallest absolute Gasteiger partial charge is 0.245 e. The average molecular weight is 281 g/mol. The lowest BCUT2D eigenvalue weighted by Crippen LogP contribution is -2.63. The van der Waals surface area contributed by atoms with E-state index in [4.69, 9.17) is 0 Å². The van der Waals surface area contributed by atoms with Crippen LogP contribution in [0.4, 0.5) is 0 Å². The monoisotopic (exact) mass is 281 g/mol. The van der Waals surface area contributed by atoms with E-state index in [-0.39, 0.29) is 23.9 Å². The molecule has 3 unspecified atom stereocenters. The highest BCUT2D eigenvalue weighted by atomic mass is 16.2. The Morgan fingerprint density at radius 3 is 2.60 bits per heavy atom. The van der Waals surface area contributed by atoms with Crippen molar-refractivity contribution in [2.75, 3.05) is 19.6 Å². The highest BCUT2D eigenvalue weighted by Crippen LogP contribution is 2.22. The number of hydrogen-bond acceptors (Lipinski definition) is 3. The van der Waals surface area contributed by atoms with Gasteiger partial charge in [0.15, 0.2) is 0 Å². The zero-order valence-electron chi connectivity index (χ0n) is 13.1. The number of carbonyl (C=O) groups excluding carboxylic acids is 2. The molecule has 2 aliphatic heterocycles. The van der Waals surface area contributed by atoms with Crippen LogP contribution >= 0.6 is 0 Å². The summed E-state index contributed by atoms with van der Waals surface area (Å²) in [5.74, 6) is 0.560. The lowest BCUT2D eigenvalue weighted by atomic mass is 10.0. The van der Waals surface area contributed by atoms with Gasteiger partial charge in [0.1, 0.15) is 12.1 Å². The van der Waals surface area contributed by atoms with E-state index in [0.29, 0.717) is 24.9 Å². The van der Waals surface area contributed by atoms with E-state index in [9.17, 15) is 9.59 Å². The molecule has 2 rings (SSSR count). The number of rotatable bonds is 4. The maximum atomic E-state index is 12.4. The van der Waals surface area contributed by atoms with Gasteiger partial charge >= 0.3 is 0 Å². The van der Waals surface area contributed by atoms with Gasteiger partial charge in [0.2, 0.25) is 11.8 Å². The van der Waals surface area contributed by atoms with Gasteiger partial charge in [-0.1, -0.05) is 6.92 Å². The molecule has 0 aromatic heterocycles. The lowest BCUT2D eigenvalue weighted by Gasteiger charge is -2.38. The molecule has 2 saturated heterocycles. The van der Waals surface area contributed by atoms with Gasteiger partial charge in [-0.25, -0.2) is 0 Å². The molecule has 2 heterocycles. The highest BCUT2D eigenvalue weighted by molar-refractivity contribution is 5.96. The largest absolute Gasteiger partial charge is 0.343 e. The molecule has 0 aromatic rings. The normalized spacial score (nSPS) is 32.0. The number of nitrogens with zero attached hydrogens (tertiary/aromatic N) is 2. The standard InChI is InChI=1S/C15H27N3O2/c1-5-13-15(20)18(11(4)14(19)16-13)9-12-6-7-17(8-12)10(2)3/h10-13H,5-9H2,1-4H3,(H,16,19). The maximum Gasteiger partial charge on any atom is 0.245 e. The summed E-state index contributed by atoms with van der Waals surface area (Å²) in [6.45, 7) is 11.0. The van der Waals surface area contributed by atoms with Crippen LogP contribution in [0, 0.1) is 5.92 Å². The topological polar surface area (TPSA) is 52.7 Å². The molecular weight excluding hydrogens is 254 g/mol. The number of nitrogens with one attached hydrogen (secondary N) is 1. The SMILES string of the molecule is CCC1NC(=O)C(C)N(CC2CCN(C(C)C)C2)C1=O. The third-order valence-electron chi connectivity index (χ3n) is 4.66. The molecule has 0 radical (unpaired) electrons. The summed E-state index contributed by atoms with van der Waals surface area (Å²) >= 11 is 0. The number of hydrogen-bond donors (Lipinski definition) is 1. The van der Waals surface area contributed by atoms with E-state index < -0.39 is 0 Å². The molecule has 0 bridgehead atoms.